The van der Waals surface area contributed by atoms with Crippen molar-refractivity contribution in [1.82, 2.24) is 0 Å². The molecule has 0 spiro atoms. The second-order valence-corrected chi connectivity index (χ2v) is 4.37. The minimum absolute atomic E-state index is 0.151. The molecule has 5 N–H and O–H groups in total. The highest BCUT2D eigenvalue weighted by molar-refractivity contribution is 5.87. The average molecular weight is 258 g/mol. The number of allylic oxidation sites excluding steroid dienone is 2. The fourth-order valence-corrected chi connectivity index (χ4v) is 2.17. The summed E-state index contributed by atoms with van der Waals surface area (Å²) in [6.07, 6.45) is 0.758. The molecule has 0 amide bonds. The molecule has 2 rings (SSSR count). The summed E-state index contributed by atoms with van der Waals surface area (Å²) in [5.41, 5.74) is 0.199. The SMILES string of the molecule is O=C(O)C1=CC=C[NH+](C2OC(CO)C(O)C2O)C1. The lowest BCUT2D eigenvalue weighted by atomic mass is 10.1. The van der Waals surface area contributed by atoms with E-state index in [2.05, 4.69) is 0 Å². The van der Waals surface area contributed by atoms with Crippen molar-refractivity contribution in [2.45, 2.75) is 24.5 Å². The standard InChI is InChI=1S/C11H15NO6/c13-5-7-8(14)9(15)10(18-7)12-3-1-2-6(4-12)11(16)17/h1-3,7-10,13-15H,4-5H2,(H,16,17)/p+1. The van der Waals surface area contributed by atoms with E-state index in [4.69, 9.17) is 14.9 Å². The monoisotopic (exact) mass is 258 g/mol. The van der Waals surface area contributed by atoms with Crippen LogP contribution < -0.4 is 4.90 Å². The van der Waals surface area contributed by atoms with Gasteiger partial charge in [-0.15, -0.1) is 0 Å². The Balaban J connectivity index is 2.08. The van der Waals surface area contributed by atoms with Crippen LogP contribution in [0.4, 0.5) is 0 Å². The van der Waals surface area contributed by atoms with Crippen LogP contribution in [0.2, 0.25) is 0 Å². The van der Waals surface area contributed by atoms with E-state index >= 15 is 0 Å². The van der Waals surface area contributed by atoms with E-state index in [0.717, 1.165) is 0 Å². The van der Waals surface area contributed by atoms with E-state index in [1.165, 1.54) is 6.08 Å². The summed E-state index contributed by atoms with van der Waals surface area (Å²) in [5, 5.41) is 37.3. The number of hydrogen-bond acceptors (Lipinski definition) is 5. The summed E-state index contributed by atoms with van der Waals surface area (Å²) in [6.45, 7) is -0.244. The van der Waals surface area contributed by atoms with Gasteiger partial charge in [-0.25, -0.2) is 4.79 Å². The average Bonchev–Trinajstić information content (AvgIpc) is 2.66. The van der Waals surface area contributed by atoms with Gasteiger partial charge in [0.05, 0.1) is 18.4 Å². The maximum atomic E-state index is 10.9. The van der Waals surface area contributed by atoms with Crippen molar-refractivity contribution in [3.05, 3.63) is 23.9 Å². The molecule has 7 nitrogen and oxygen atoms in total. The number of aliphatic hydroxyl groups is 3. The van der Waals surface area contributed by atoms with Gasteiger partial charge in [0, 0.05) is 0 Å². The maximum absolute atomic E-state index is 10.9. The van der Waals surface area contributed by atoms with Crippen molar-refractivity contribution in [3.63, 3.8) is 0 Å². The van der Waals surface area contributed by atoms with Crippen LogP contribution in [0.5, 0.6) is 0 Å². The number of carboxylic acid groups (broad SMARTS) is 1. The third kappa shape index (κ3) is 2.31. The lowest BCUT2D eigenvalue weighted by molar-refractivity contribution is -0.898. The quantitative estimate of drug-likeness (QED) is 0.365. The minimum Gasteiger partial charge on any atom is -0.478 e. The number of rotatable bonds is 3. The van der Waals surface area contributed by atoms with Crippen LogP contribution in [0.3, 0.4) is 0 Å². The molecule has 5 unspecified atom stereocenters. The van der Waals surface area contributed by atoms with Gasteiger partial charge in [0.2, 0.25) is 6.23 Å². The zero-order chi connectivity index (χ0) is 13.3. The number of aliphatic hydroxyl groups excluding tert-OH is 3. The van der Waals surface area contributed by atoms with Crippen molar-refractivity contribution >= 4 is 5.97 Å². The molecule has 7 heteroatoms. The maximum Gasteiger partial charge on any atom is 0.337 e. The fraction of sp³-hybridized carbons (Fsp3) is 0.545. The topological polar surface area (TPSA) is 112 Å². The number of carbonyl (C=O) groups is 1. The van der Waals surface area contributed by atoms with Gasteiger partial charge in [0.1, 0.15) is 18.8 Å². The van der Waals surface area contributed by atoms with Crippen LogP contribution in [0, 0.1) is 0 Å². The van der Waals surface area contributed by atoms with Crippen LogP contribution in [-0.4, -0.2) is 64.1 Å². The summed E-state index contributed by atoms with van der Waals surface area (Å²) in [4.78, 5) is 11.5. The van der Waals surface area contributed by atoms with Crippen LogP contribution in [0.15, 0.2) is 23.9 Å². The third-order valence-corrected chi connectivity index (χ3v) is 3.18. The predicted molar refractivity (Wildman–Crippen MR) is 58.4 cm³/mol. The van der Waals surface area contributed by atoms with Gasteiger partial charge >= 0.3 is 5.97 Å². The summed E-state index contributed by atoms with van der Waals surface area (Å²) >= 11 is 0. The summed E-state index contributed by atoms with van der Waals surface area (Å²) < 4.78 is 5.34. The van der Waals surface area contributed by atoms with Crippen molar-refractivity contribution in [1.29, 1.82) is 0 Å². The lowest BCUT2D eigenvalue weighted by Crippen LogP contribution is -3.13. The molecule has 1 saturated heterocycles. The van der Waals surface area contributed by atoms with Crippen LogP contribution >= 0.6 is 0 Å². The smallest absolute Gasteiger partial charge is 0.337 e. The molecule has 0 aliphatic carbocycles. The van der Waals surface area contributed by atoms with E-state index in [1.54, 1.807) is 12.3 Å². The van der Waals surface area contributed by atoms with E-state index in [9.17, 15) is 15.0 Å². The van der Waals surface area contributed by atoms with Crippen LogP contribution in [-0.2, 0) is 9.53 Å². The first-order valence-electron chi connectivity index (χ1n) is 5.63. The molecule has 0 aromatic heterocycles. The molecule has 2 aliphatic rings. The fourth-order valence-electron chi connectivity index (χ4n) is 2.17. The van der Waals surface area contributed by atoms with E-state index in [1.807, 2.05) is 0 Å². The number of hydrogen-bond donors (Lipinski definition) is 5. The molecule has 0 radical (unpaired) electrons. The Morgan fingerprint density at radius 3 is 2.72 bits per heavy atom. The molecule has 18 heavy (non-hydrogen) atoms. The normalized spacial score (nSPS) is 39.7. The van der Waals surface area contributed by atoms with Gasteiger partial charge in [0.25, 0.3) is 0 Å². The summed E-state index contributed by atoms with van der Waals surface area (Å²) in [6, 6.07) is 0. The van der Waals surface area contributed by atoms with Gasteiger partial charge in [-0.2, -0.15) is 0 Å². The first kappa shape index (κ1) is 13.2. The number of nitrogens with one attached hydrogen (secondary N) is 1. The second kappa shape index (κ2) is 5.17. The van der Waals surface area contributed by atoms with E-state index < -0.39 is 37.1 Å². The molecule has 100 valence electrons. The van der Waals surface area contributed by atoms with Crippen molar-refractivity contribution in [2.24, 2.45) is 0 Å². The Morgan fingerprint density at radius 2 is 2.17 bits per heavy atom. The Hall–Kier alpha value is -1.25. The first-order chi connectivity index (χ1) is 8.54. The summed E-state index contributed by atoms with van der Waals surface area (Å²) in [5.74, 6) is -1.02. The highest BCUT2D eigenvalue weighted by atomic mass is 16.6. The highest BCUT2D eigenvalue weighted by Crippen LogP contribution is 2.18. The van der Waals surface area contributed by atoms with Crippen LogP contribution in [0.1, 0.15) is 0 Å². The molecular weight excluding hydrogens is 242 g/mol. The van der Waals surface area contributed by atoms with Gasteiger partial charge in [-0.1, -0.05) is 0 Å². The number of quaternary nitrogens is 1. The molecular formula is C11H16NO6+. The van der Waals surface area contributed by atoms with E-state index in [-0.39, 0.29) is 12.1 Å². The predicted octanol–water partition coefficient (Wildman–Crippen LogP) is -3.15. The second-order valence-electron chi connectivity index (χ2n) is 4.37. The van der Waals surface area contributed by atoms with Crippen molar-refractivity contribution in [2.75, 3.05) is 13.2 Å². The molecule has 2 aliphatic heterocycles. The van der Waals surface area contributed by atoms with Gasteiger partial charge in [-0.3, -0.25) is 4.90 Å². The molecule has 2 heterocycles. The van der Waals surface area contributed by atoms with Gasteiger partial charge < -0.3 is 25.2 Å². The molecule has 0 aromatic rings. The van der Waals surface area contributed by atoms with Gasteiger partial charge in [-0.05, 0) is 12.2 Å². The largest absolute Gasteiger partial charge is 0.478 e. The summed E-state index contributed by atoms with van der Waals surface area (Å²) in [7, 11) is 0. The zero-order valence-corrected chi connectivity index (χ0v) is 9.56. The molecule has 0 bridgehead atoms. The Bertz CT molecular complexity index is 393. The zero-order valence-electron chi connectivity index (χ0n) is 9.56. The molecule has 0 saturated carbocycles. The number of aliphatic carboxylic acids is 1. The highest BCUT2D eigenvalue weighted by Gasteiger charge is 2.48. The Kier molecular flexibility index (Phi) is 3.79. The van der Waals surface area contributed by atoms with Crippen molar-refractivity contribution < 1.29 is 34.9 Å². The Labute approximate surface area is 103 Å². The third-order valence-electron chi connectivity index (χ3n) is 3.18. The molecule has 5 atom stereocenters. The molecule has 1 fully saturated rings. The van der Waals surface area contributed by atoms with Crippen LogP contribution in [0.25, 0.3) is 0 Å². The minimum atomic E-state index is -1.17. The number of carboxylic acids is 1. The molecule has 0 aromatic carbocycles. The lowest BCUT2D eigenvalue weighted by Gasteiger charge is -2.25. The number of ether oxygens (including phenoxy) is 1. The van der Waals surface area contributed by atoms with Gasteiger partial charge in [0.15, 0.2) is 6.10 Å². The van der Waals surface area contributed by atoms with Crippen molar-refractivity contribution in [3.8, 4) is 0 Å². The van der Waals surface area contributed by atoms with E-state index in [0.29, 0.717) is 4.90 Å². The Morgan fingerprint density at radius 1 is 1.44 bits per heavy atom. The first-order valence-corrected chi connectivity index (χ1v) is 5.63.